The number of nitriles is 1. The van der Waals surface area contributed by atoms with Gasteiger partial charge in [0.05, 0.1) is 23.8 Å². The predicted octanol–water partition coefficient (Wildman–Crippen LogP) is 2.58. The highest BCUT2D eigenvalue weighted by atomic mass is 16.5. The van der Waals surface area contributed by atoms with Gasteiger partial charge in [-0.1, -0.05) is 0 Å². The minimum Gasteiger partial charge on any atom is -0.385 e. The second kappa shape index (κ2) is 6.05. The van der Waals surface area contributed by atoms with Crippen molar-refractivity contribution in [2.24, 2.45) is 5.92 Å². The van der Waals surface area contributed by atoms with Crippen LogP contribution in [0.4, 0.5) is 5.69 Å². The number of ether oxygens (including phenoxy) is 2. The molecular weight excluding hydrogens is 264 g/mol. The largest absolute Gasteiger partial charge is 0.385 e. The molecule has 0 N–H and O–H groups in total. The lowest BCUT2D eigenvalue weighted by Crippen LogP contribution is -2.32. The average Bonchev–Trinajstić information content (AvgIpc) is 3.13. The highest BCUT2D eigenvalue weighted by Crippen LogP contribution is 2.40. The zero-order valence-electron chi connectivity index (χ0n) is 12.5. The van der Waals surface area contributed by atoms with Crippen LogP contribution >= 0.6 is 0 Å². The van der Waals surface area contributed by atoms with Crippen molar-refractivity contribution < 1.29 is 9.47 Å². The fourth-order valence-corrected chi connectivity index (χ4v) is 3.50. The van der Waals surface area contributed by atoms with Crippen LogP contribution in [0.1, 0.15) is 24.8 Å². The SMILES string of the molecule is COCCC1COC2(CCN(c3ccc(C#N)cc3)C2)C1. The van der Waals surface area contributed by atoms with Crippen molar-refractivity contribution in [2.75, 3.05) is 38.3 Å². The molecule has 2 saturated heterocycles. The Labute approximate surface area is 126 Å². The molecule has 0 aliphatic carbocycles. The Bertz CT molecular complexity index is 523. The third-order valence-electron chi connectivity index (χ3n) is 4.69. The van der Waals surface area contributed by atoms with Crippen molar-refractivity contribution in [3.8, 4) is 6.07 Å². The Kier molecular flexibility index (Phi) is 4.14. The standard InChI is InChI=1S/C17H22N2O2/c1-20-9-6-15-10-17(21-12-15)7-8-19(13-17)16-4-2-14(11-18)3-5-16/h2-5,15H,6-10,12-13H2,1H3. The Morgan fingerprint density at radius 3 is 2.95 bits per heavy atom. The summed E-state index contributed by atoms with van der Waals surface area (Å²) in [6, 6.07) is 10.0. The van der Waals surface area contributed by atoms with E-state index in [1.807, 2.05) is 24.3 Å². The van der Waals surface area contributed by atoms with Crippen LogP contribution in [-0.2, 0) is 9.47 Å². The average molecular weight is 286 g/mol. The predicted molar refractivity (Wildman–Crippen MR) is 81.3 cm³/mol. The Morgan fingerprint density at radius 2 is 2.24 bits per heavy atom. The molecule has 1 aromatic carbocycles. The van der Waals surface area contributed by atoms with E-state index in [-0.39, 0.29) is 5.60 Å². The van der Waals surface area contributed by atoms with Gasteiger partial charge >= 0.3 is 0 Å². The van der Waals surface area contributed by atoms with E-state index in [2.05, 4.69) is 11.0 Å². The Morgan fingerprint density at radius 1 is 1.43 bits per heavy atom. The number of hydrogen-bond donors (Lipinski definition) is 0. The molecule has 0 bridgehead atoms. The molecule has 2 unspecified atom stereocenters. The monoisotopic (exact) mass is 286 g/mol. The first-order valence-electron chi connectivity index (χ1n) is 7.63. The van der Waals surface area contributed by atoms with Crippen molar-refractivity contribution in [1.82, 2.24) is 0 Å². The lowest BCUT2D eigenvalue weighted by molar-refractivity contribution is 0.0213. The summed E-state index contributed by atoms with van der Waals surface area (Å²) in [5.74, 6) is 0.630. The number of nitrogens with zero attached hydrogens (tertiary/aromatic N) is 2. The van der Waals surface area contributed by atoms with Gasteiger partial charge in [-0.05, 0) is 49.4 Å². The van der Waals surface area contributed by atoms with Gasteiger partial charge in [0.1, 0.15) is 0 Å². The first kappa shape index (κ1) is 14.4. The fourth-order valence-electron chi connectivity index (χ4n) is 3.50. The number of benzene rings is 1. The molecular formula is C17H22N2O2. The van der Waals surface area contributed by atoms with Gasteiger partial charge in [-0.15, -0.1) is 0 Å². The van der Waals surface area contributed by atoms with Gasteiger partial charge in [0.25, 0.3) is 0 Å². The molecule has 0 aromatic heterocycles. The van der Waals surface area contributed by atoms with Gasteiger partial charge < -0.3 is 14.4 Å². The van der Waals surface area contributed by atoms with E-state index in [4.69, 9.17) is 14.7 Å². The maximum absolute atomic E-state index is 8.87. The lowest BCUT2D eigenvalue weighted by Gasteiger charge is -2.24. The van der Waals surface area contributed by atoms with E-state index in [0.717, 1.165) is 45.6 Å². The molecule has 1 spiro atoms. The summed E-state index contributed by atoms with van der Waals surface area (Å²) in [4.78, 5) is 2.37. The van der Waals surface area contributed by atoms with Gasteiger partial charge in [0.15, 0.2) is 0 Å². The first-order valence-corrected chi connectivity index (χ1v) is 7.63. The van der Waals surface area contributed by atoms with Crippen LogP contribution in [-0.4, -0.2) is 39.0 Å². The second-order valence-electron chi connectivity index (χ2n) is 6.18. The topological polar surface area (TPSA) is 45.5 Å². The molecule has 2 aliphatic heterocycles. The maximum atomic E-state index is 8.87. The van der Waals surface area contributed by atoms with Crippen LogP contribution in [0, 0.1) is 17.2 Å². The first-order chi connectivity index (χ1) is 10.2. The minimum atomic E-state index is 0.0340. The van der Waals surface area contributed by atoms with E-state index in [1.165, 1.54) is 5.69 Å². The number of anilines is 1. The number of rotatable bonds is 4. The summed E-state index contributed by atoms with van der Waals surface area (Å²) in [7, 11) is 1.76. The molecule has 0 saturated carbocycles. The van der Waals surface area contributed by atoms with Crippen LogP contribution in [0.2, 0.25) is 0 Å². The van der Waals surface area contributed by atoms with Gasteiger partial charge in [-0.2, -0.15) is 5.26 Å². The molecule has 112 valence electrons. The fraction of sp³-hybridized carbons (Fsp3) is 0.588. The zero-order chi connectivity index (χ0) is 14.7. The summed E-state index contributed by atoms with van der Waals surface area (Å²) in [5, 5.41) is 8.87. The minimum absolute atomic E-state index is 0.0340. The highest BCUT2D eigenvalue weighted by Gasteiger charge is 2.45. The number of methoxy groups -OCH3 is 1. The second-order valence-corrected chi connectivity index (χ2v) is 6.18. The van der Waals surface area contributed by atoms with E-state index in [0.29, 0.717) is 11.5 Å². The molecule has 2 aliphatic rings. The summed E-state index contributed by atoms with van der Waals surface area (Å²) < 4.78 is 11.3. The highest BCUT2D eigenvalue weighted by molar-refractivity contribution is 5.51. The molecule has 4 nitrogen and oxygen atoms in total. The van der Waals surface area contributed by atoms with Crippen LogP contribution < -0.4 is 4.90 Å². The number of hydrogen-bond acceptors (Lipinski definition) is 4. The van der Waals surface area contributed by atoms with E-state index < -0.39 is 0 Å². The van der Waals surface area contributed by atoms with E-state index in [9.17, 15) is 0 Å². The van der Waals surface area contributed by atoms with Gasteiger partial charge in [0, 0.05) is 32.5 Å². The normalized spacial score (nSPS) is 28.2. The van der Waals surface area contributed by atoms with Crippen molar-refractivity contribution in [1.29, 1.82) is 5.26 Å². The maximum Gasteiger partial charge on any atom is 0.0991 e. The zero-order valence-corrected chi connectivity index (χ0v) is 12.5. The third kappa shape index (κ3) is 3.04. The van der Waals surface area contributed by atoms with Crippen molar-refractivity contribution in [2.45, 2.75) is 24.9 Å². The molecule has 4 heteroatoms. The molecule has 2 fully saturated rings. The molecule has 0 amide bonds. The van der Waals surface area contributed by atoms with Gasteiger partial charge in [-0.3, -0.25) is 0 Å². The Hall–Kier alpha value is -1.57. The molecule has 2 atom stereocenters. The smallest absolute Gasteiger partial charge is 0.0991 e. The van der Waals surface area contributed by atoms with Crippen molar-refractivity contribution >= 4 is 5.69 Å². The molecule has 2 heterocycles. The van der Waals surface area contributed by atoms with Crippen LogP contribution in [0.15, 0.2) is 24.3 Å². The van der Waals surface area contributed by atoms with Crippen LogP contribution in [0.3, 0.4) is 0 Å². The van der Waals surface area contributed by atoms with Crippen molar-refractivity contribution in [3.63, 3.8) is 0 Å². The van der Waals surface area contributed by atoms with Gasteiger partial charge in [0.2, 0.25) is 0 Å². The van der Waals surface area contributed by atoms with Crippen LogP contribution in [0.25, 0.3) is 0 Å². The quantitative estimate of drug-likeness (QED) is 0.853. The molecule has 3 rings (SSSR count). The third-order valence-corrected chi connectivity index (χ3v) is 4.69. The Balaban J connectivity index is 1.61. The van der Waals surface area contributed by atoms with Gasteiger partial charge in [-0.25, -0.2) is 0 Å². The van der Waals surface area contributed by atoms with E-state index >= 15 is 0 Å². The van der Waals surface area contributed by atoms with Crippen LogP contribution in [0.5, 0.6) is 0 Å². The summed E-state index contributed by atoms with van der Waals surface area (Å²) in [5.41, 5.74) is 1.94. The van der Waals surface area contributed by atoms with Crippen molar-refractivity contribution in [3.05, 3.63) is 29.8 Å². The van der Waals surface area contributed by atoms with E-state index in [1.54, 1.807) is 7.11 Å². The lowest BCUT2D eigenvalue weighted by atomic mass is 9.92. The molecule has 0 radical (unpaired) electrons. The summed E-state index contributed by atoms with van der Waals surface area (Å²) in [6.45, 7) is 3.68. The molecule has 21 heavy (non-hydrogen) atoms. The summed E-state index contributed by atoms with van der Waals surface area (Å²) >= 11 is 0. The molecule has 1 aromatic rings. The summed E-state index contributed by atoms with van der Waals surface area (Å²) in [6.07, 6.45) is 3.33.